The van der Waals surface area contributed by atoms with Gasteiger partial charge in [0.05, 0.1) is 28.1 Å². The van der Waals surface area contributed by atoms with Crippen LogP contribution in [0.4, 0.5) is 8.28 Å². The van der Waals surface area contributed by atoms with Gasteiger partial charge in [0, 0.05) is 17.0 Å². The number of hydrogen-bond acceptors (Lipinski definition) is 2. The van der Waals surface area contributed by atoms with Crippen LogP contribution in [0.2, 0.25) is 0 Å². The Hall–Kier alpha value is -2.92. The number of benzene rings is 3. The number of pyridine rings is 1. The maximum atomic E-state index is 14.2. The fraction of sp³-hybridized carbons (Fsp3) is 0.364. The number of nitrogens with zero attached hydrogens (tertiary/aromatic N) is 2. The molecule has 0 N–H and O–H groups in total. The largest absolute Gasteiger partial charge is 0.299 e. The Morgan fingerprint density at radius 3 is 2.18 bits per heavy atom. The maximum Gasteiger partial charge on any atom is 0.145 e. The van der Waals surface area contributed by atoms with E-state index in [1.165, 1.54) is 19.3 Å². The van der Waals surface area contributed by atoms with Crippen LogP contribution >= 0.6 is 12.1 Å². The van der Waals surface area contributed by atoms with Gasteiger partial charge in [0.15, 0.2) is 0 Å². The molecule has 0 radical (unpaired) electrons. The number of hydrogen-bond donors (Lipinski definition) is 0. The molecule has 2 heterocycles. The highest BCUT2D eigenvalue weighted by Crippen LogP contribution is 2.45. The first kappa shape index (κ1) is 28.1. The summed E-state index contributed by atoms with van der Waals surface area (Å²) in [5.74, 6) is -0.220. The van der Waals surface area contributed by atoms with Crippen LogP contribution in [0.1, 0.15) is 75.8 Å². The van der Waals surface area contributed by atoms with Crippen LogP contribution in [0.15, 0.2) is 54.7 Å². The first-order chi connectivity index (χ1) is 18.2. The number of rotatable bonds is 6. The molecule has 5 aromatic rings. The lowest BCUT2D eigenvalue weighted by molar-refractivity contribution is 0.625. The minimum absolute atomic E-state index is 0.220. The smallest absolute Gasteiger partial charge is 0.145 e. The summed E-state index contributed by atoms with van der Waals surface area (Å²) in [7, 11) is 0. The maximum absolute atomic E-state index is 14.2. The normalized spacial score (nSPS) is 13.1. The van der Waals surface area contributed by atoms with Crippen LogP contribution in [0.25, 0.3) is 38.4 Å². The fourth-order valence-corrected chi connectivity index (χ4v) is 5.80. The molecule has 2 nitrogen and oxygen atoms in total. The highest BCUT2D eigenvalue weighted by Gasteiger charge is 2.30. The molecule has 0 spiro atoms. The van der Waals surface area contributed by atoms with E-state index >= 15 is 0 Å². The van der Waals surface area contributed by atoms with Gasteiger partial charge < -0.3 is 0 Å². The molecule has 0 saturated heterocycles. The average Bonchev–Trinajstić information content (AvgIpc) is 3.29. The monoisotopic (exact) mass is 532 g/mol. The molecule has 5 heteroatoms. The first-order valence-electron chi connectivity index (χ1n) is 13.6. The summed E-state index contributed by atoms with van der Waals surface area (Å²) in [5, 5.41) is 3.10. The second-order valence-corrected chi connectivity index (χ2v) is 11.5. The van der Waals surface area contributed by atoms with E-state index in [0.717, 1.165) is 60.8 Å². The number of unbranched alkanes of at least 4 members (excludes halogenated alkanes) is 2. The molecule has 0 amide bonds. The van der Waals surface area contributed by atoms with E-state index in [4.69, 9.17) is 4.98 Å². The molecular formula is C33H38F2N2S. The van der Waals surface area contributed by atoms with Crippen LogP contribution in [0, 0.1) is 26.6 Å². The van der Waals surface area contributed by atoms with Crippen molar-refractivity contribution in [2.45, 2.75) is 78.9 Å². The molecule has 2 aromatic heterocycles. The molecule has 0 aliphatic rings. The average molecular weight is 533 g/mol. The summed E-state index contributed by atoms with van der Waals surface area (Å²) in [6, 6.07) is 15.7. The molecule has 1 unspecified atom stereocenters. The van der Waals surface area contributed by atoms with Gasteiger partial charge in [-0.1, -0.05) is 64.3 Å². The van der Waals surface area contributed by atoms with Crippen molar-refractivity contribution in [1.82, 2.24) is 9.38 Å². The van der Waals surface area contributed by atoms with E-state index in [9.17, 15) is 8.28 Å². The zero-order valence-electron chi connectivity index (χ0n) is 23.6. The highest BCUT2D eigenvalue weighted by atomic mass is 32.2. The molecule has 0 fully saturated rings. The Balaban J connectivity index is 0.000000617. The molecule has 3 aromatic carbocycles. The van der Waals surface area contributed by atoms with E-state index in [0.29, 0.717) is 18.6 Å². The van der Waals surface area contributed by atoms with Gasteiger partial charge in [0.2, 0.25) is 0 Å². The number of fused-ring (bicyclic) bond motifs is 6. The highest BCUT2D eigenvalue weighted by molar-refractivity contribution is 7.95. The number of imidazole rings is 1. The number of aryl methyl sites for hydroxylation is 3. The van der Waals surface area contributed by atoms with E-state index in [-0.39, 0.29) is 5.82 Å². The van der Waals surface area contributed by atoms with Gasteiger partial charge in [-0.15, -0.1) is 0 Å². The van der Waals surface area contributed by atoms with Crippen molar-refractivity contribution in [3.05, 3.63) is 82.9 Å². The minimum atomic E-state index is -0.671. The predicted octanol–water partition coefficient (Wildman–Crippen LogP) is 10.8. The lowest BCUT2D eigenvalue weighted by atomic mass is 9.90. The van der Waals surface area contributed by atoms with Gasteiger partial charge in [0.25, 0.3) is 0 Å². The first-order valence-corrected chi connectivity index (χ1v) is 14.3. The molecule has 38 heavy (non-hydrogen) atoms. The van der Waals surface area contributed by atoms with Crippen LogP contribution in [-0.4, -0.2) is 9.38 Å². The second-order valence-electron chi connectivity index (χ2n) is 10.5. The SMILES string of the molecule is CCC(C)(SF)c1cccc2c3cc(-c4c(C)cc(F)cc4C)ccc3n3cc(C)nc3c12.CCCCC. The standard InChI is InChI=1S/C28H26F2N2S.C5H12/c1-6-28(5,33-30)23-9-7-8-21-22-14-19(25-16(2)12-20(29)13-17(25)3)10-11-24(22)32-15-18(4)31-27(32)26(21)23;1-3-5-4-2/h7-15H,6H2,1-5H3;3-5H2,1-2H3. The van der Waals surface area contributed by atoms with E-state index in [2.05, 4.69) is 42.5 Å². The van der Waals surface area contributed by atoms with Gasteiger partial charge in [-0.05, 0) is 91.6 Å². The van der Waals surface area contributed by atoms with Crippen molar-refractivity contribution in [2.24, 2.45) is 0 Å². The van der Waals surface area contributed by atoms with E-state index in [1.54, 1.807) is 12.1 Å². The molecule has 1 atom stereocenters. The summed E-state index contributed by atoms with van der Waals surface area (Å²) < 4.78 is 29.6. The molecule has 0 bridgehead atoms. The molecule has 0 aliphatic carbocycles. The van der Waals surface area contributed by atoms with Crippen molar-refractivity contribution >= 4 is 39.5 Å². The molecule has 0 saturated carbocycles. The van der Waals surface area contributed by atoms with E-state index in [1.807, 2.05) is 52.9 Å². The predicted molar refractivity (Wildman–Crippen MR) is 161 cm³/mol. The Morgan fingerprint density at radius 1 is 0.921 bits per heavy atom. The van der Waals surface area contributed by atoms with Crippen molar-refractivity contribution in [2.75, 3.05) is 0 Å². The third-order valence-corrected chi connectivity index (χ3v) is 8.42. The summed E-state index contributed by atoms with van der Waals surface area (Å²) in [4.78, 5) is 4.84. The van der Waals surface area contributed by atoms with E-state index < -0.39 is 4.75 Å². The Kier molecular flexibility index (Phi) is 8.46. The summed E-state index contributed by atoms with van der Waals surface area (Å²) >= 11 is 0.394. The lowest BCUT2D eigenvalue weighted by Gasteiger charge is -2.26. The topological polar surface area (TPSA) is 17.3 Å². The van der Waals surface area contributed by atoms with Crippen molar-refractivity contribution in [1.29, 1.82) is 0 Å². The number of halogens is 2. The third kappa shape index (κ3) is 5.05. The van der Waals surface area contributed by atoms with Gasteiger partial charge in [0.1, 0.15) is 11.5 Å². The van der Waals surface area contributed by atoms with Gasteiger partial charge in [-0.2, -0.15) is 3.89 Å². The molecule has 5 rings (SSSR count). The van der Waals surface area contributed by atoms with Gasteiger partial charge >= 0.3 is 0 Å². The van der Waals surface area contributed by atoms with Crippen LogP contribution in [0.5, 0.6) is 0 Å². The van der Waals surface area contributed by atoms with Crippen LogP contribution < -0.4 is 0 Å². The Bertz CT molecular complexity index is 1570. The van der Waals surface area contributed by atoms with Gasteiger partial charge in [-0.3, -0.25) is 4.40 Å². The fourth-order valence-electron chi connectivity index (χ4n) is 5.44. The van der Waals surface area contributed by atoms with Crippen molar-refractivity contribution in [3.63, 3.8) is 0 Å². The Labute approximate surface area is 229 Å². The zero-order chi connectivity index (χ0) is 27.6. The summed E-state index contributed by atoms with van der Waals surface area (Å²) in [6.45, 7) is 14.3. The summed E-state index contributed by atoms with van der Waals surface area (Å²) in [6.07, 6.45) is 6.77. The van der Waals surface area contributed by atoms with Gasteiger partial charge in [-0.25, -0.2) is 9.37 Å². The quantitative estimate of drug-likeness (QED) is 0.202. The third-order valence-electron chi connectivity index (χ3n) is 7.57. The van der Waals surface area contributed by atoms with Crippen LogP contribution in [0.3, 0.4) is 0 Å². The molecular weight excluding hydrogens is 494 g/mol. The summed E-state index contributed by atoms with van der Waals surface area (Å²) in [5.41, 5.74) is 7.66. The number of aromatic nitrogens is 2. The minimum Gasteiger partial charge on any atom is -0.299 e. The zero-order valence-corrected chi connectivity index (χ0v) is 24.4. The van der Waals surface area contributed by atoms with Crippen LogP contribution in [-0.2, 0) is 4.75 Å². The van der Waals surface area contributed by atoms with Crippen molar-refractivity contribution < 1.29 is 8.28 Å². The molecule has 200 valence electrons. The second kappa shape index (κ2) is 11.4. The lowest BCUT2D eigenvalue weighted by Crippen LogP contribution is -2.15. The Morgan fingerprint density at radius 2 is 1.61 bits per heavy atom. The van der Waals surface area contributed by atoms with Crippen molar-refractivity contribution in [3.8, 4) is 11.1 Å². The molecule has 0 aliphatic heterocycles.